The van der Waals surface area contributed by atoms with Gasteiger partial charge in [0.2, 0.25) is 11.1 Å². The van der Waals surface area contributed by atoms with Gasteiger partial charge in [-0.1, -0.05) is 42.1 Å². The molecule has 1 atom stereocenters. The van der Waals surface area contributed by atoms with Crippen LogP contribution in [0.2, 0.25) is 0 Å². The third-order valence-corrected chi connectivity index (χ3v) is 4.90. The number of hydrogen-bond donors (Lipinski definition) is 1. The van der Waals surface area contributed by atoms with Crippen LogP contribution in [0.5, 0.6) is 0 Å². The van der Waals surface area contributed by atoms with Crippen molar-refractivity contribution in [1.29, 1.82) is 0 Å². The highest BCUT2D eigenvalue weighted by atomic mass is 32.2. The number of hydrogen-bond acceptors (Lipinski definition) is 7. The van der Waals surface area contributed by atoms with Crippen LogP contribution in [0.25, 0.3) is 0 Å². The summed E-state index contributed by atoms with van der Waals surface area (Å²) in [5.74, 6) is 0.144. The molecule has 0 saturated heterocycles. The Bertz CT molecular complexity index is 759. The van der Waals surface area contributed by atoms with E-state index in [0.717, 1.165) is 10.6 Å². The summed E-state index contributed by atoms with van der Waals surface area (Å²) in [7, 11) is 1.74. The molecule has 9 heteroatoms. The number of carbonyl (C=O) groups is 1. The van der Waals surface area contributed by atoms with E-state index in [1.165, 1.54) is 27.8 Å². The fourth-order valence-corrected chi connectivity index (χ4v) is 3.36. The Morgan fingerprint density at radius 3 is 2.87 bits per heavy atom. The molecule has 0 fully saturated rings. The highest BCUT2D eigenvalue weighted by molar-refractivity contribution is 7.99. The van der Waals surface area contributed by atoms with Gasteiger partial charge in [0.1, 0.15) is 11.0 Å². The molecule has 0 saturated carbocycles. The summed E-state index contributed by atoms with van der Waals surface area (Å²) in [6, 6.07) is 9.55. The third-order valence-electron chi connectivity index (χ3n) is 3.05. The second kappa shape index (κ2) is 7.34. The summed E-state index contributed by atoms with van der Waals surface area (Å²) in [5, 5.41) is 17.5. The maximum Gasteiger partial charge on any atom is 0.231 e. The van der Waals surface area contributed by atoms with Crippen molar-refractivity contribution < 1.29 is 4.79 Å². The van der Waals surface area contributed by atoms with Gasteiger partial charge in [-0.2, -0.15) is 0 Å². The maximum atomic E-state index is 12.3. The van der Waals surface area contributed by atoms with Crippen molar-refractivity contribution in [3.63, 3.8) is 0 Å². The van der Waals surface area contributed by atoms with Crippen molar-refractivity contribution in [2.45, 2.75) is 11.2 Å². The molecule has 1 amide bonds. The van der Waals surface area contributed by atoms with Crippen LogP contribution in [-0.4, -0.2) is 36.9 Å². The Morgan fingerprint density at radius 2 is 2.22 bits per heavy atom. The minimum Gasteiger partial charge on any atom is -0.342 e. The molecule has 0 aliphatic heterocycles. The summed E-state index contributed by atoms with van der Waals surface area (Å²) in [6.07, 6.45) is 1.74. The monoisotopic (exact) mass is 346 g/mol. The molecule has 2 aromatic heterocycles. The Kier molecular flexibility index (Phi) is 4.99. The largest absolute Gasteiger partial charge is 0.342 e. The lowest BCUT2D eigenvalue weighted by atomic mass is 10.1. The Labute approximate surface area is 141 Å². The number of thioether (sulfide) groups is 1. The van der Waals surface area contributed by atoms with E-state index in [2.05, 4.69) is 25.8 Å². The van der Waals surface area contributed by atoms with Crippen LogP contribution in [0.4, 0.5) is 0 Å². The fraction of sp³-hybridized carbons (Fsp3) is 0.214. The maximum absolute atomic E-state index is 12.3. The minimum atomic E-state index is -0.248. The molecule has 0 bridgehead atoms. The van der Waals surface area contributed by atoms with Gasteiger partial charge in [-0.05, 0) is 16.0 Å². The average molecular weight is 346 g/mol. The van der Waals surface area contributed by atoms with E-state index in [1.807, 2.05) is 35.7 Å². The van der Waals surface area contributed by atoms with Crippen molar-refractivity contribution >= 4 is 29.0 Å². The first kappa shape index (κ1) is 15.6. The number of nitrogens with one attached hydrogen (secondary N) is 1. The summed E-state index contributed by atoms with van der Waals surface area (Å²) in [5.41, 5.74) is 1.00. The van der Waals surface area contributed by atoms with Gasteiger partial charge >= 0.3 is 0 Å². The second-order valence-corrected chi connectivity index (χ2v) is 6.52. The molecule has 23 heavy (non-hydrogen) atoms. The summed E-state index contributed by atoms with van der Waals surface area (Å²) < 4.78 is 1.54. The number of carbonyl (C=O) groups excluding carboxylic acids is 1. The number of amides is 1. The Balaban J connectivity index is 1.69. The lowest BCUT2D eigenvalue weighted by molar-refractivity contribution is -0.119. The predicted molar refractivity (Wildman–Crippen MR) is 88.1 cm³/mol. The first-order valence-corrected chi connectivity index (χ1v) is 8.69. The van der Waals surface area contributed by atoms with E-state index in [1.54, 1.807) is 13.2 Å². The number of benzene rings is 1. The van der Waals surface area contributed by atoms with Gasteiger partial charge in [0.25, 0.3) is 0 Å². The molecule has 118 valence electrons. The standard InChI is InChI=1S/C14H14N6OS2/c1-20-14(17-18-19-20)23-9-11(21)16-12(13-15-7-8-22-13)10-5-3-2-4-6-10/h2-8,12H,9H2,1H3,(H,16,21)/t12-/m0/s1. The second-order valence-electron chi connectivity index (χ2n) is 4.66. The van der Waals surface area contributed by atoms with Crippen LogP contribution in [0.3, 0.4) is 0 Å². The molecule has 1 N–H and O–H groups in total. The number of aryl methyl sites for hydroxylation is 1. The zero-order chi connectivity index (χ0) is 16.1. The van der Waals surface area contributed by atoms with E-state index < -0.39 is 0 Å². The van der Waals surface area contributed by atoms with Gasteiger partial charge in [-0.25, -0.2) is 9.67 Å². The first-order chi connectivity index (χ1) is 11.2. The molecule has 3 rings (SSSR count). The number of rotatable bonds is 6. The number of nitrogens with zero attached hydrogens (tertiary/aromatic N) is 5. The lowest BCUT2D eigenvalue weighted by Crippen LogP contribution is -2.30. The molecule has 3 aromatic rings. The topological polar surface area (TPSA) is 85.6 Å². The molecule has 2 heterocycles. The van der Waals surface area contributed by atoms with Crippen molar-refractivity contribution in [3.8, 4) is 0 Å². The zero-order valence-electron chi connectivity index (χ0n) is 12.3. The van der Waals surface area contributed by atoms with Crippen molar-refractivity contribution in [2.24, 2.45) is 7.05 Å². The van der Waals surface area contributed by atoms with E-state index in [4.69, 9.17) is 0 Å². The van der Waals surface area contributed by atoms with Gasteiger partial charge < -0.3 is 5.32 Å². The van der Waals surface area contributed by atoms with Crippen molar-refractivity contribution in [1.82, 2.24) is 30.5 Å². The first-order valence-electron chi connectivity index (χ1n) is 6.83. The highest BCUT2D eigenvalue weighted by Crippen LogP contribution is 2.24. The number of aromatic nitrogens is 5. The smallest absolute Gasteiger partial charge is 0.231 e. The molecule has 0 spiro atoms. The van der Waals surface area contributed by atoms with Gasteiger partial charge in [0.15, 0.2) is 0 Å². The third kappa shape index (κ3) is 3.93. The van der Waals surface area contributed by atoms with Crippen LogP contribution in [0.15, 0.2) is 47.1 Å². The molecule has 0 aliphatic carbocycles. The van der Waals surface area contributed by atoms with Crippen LogP contribution in [0, 0.1) is 0 Å². The molecule has 1 aromatic carbocycles. The van der Waals surface area contributed by atoms with E-state index in [9.17, 15) is 4.79 Å². The van der Waals surface area contributed by atoms with E-state index in [0.29, 0.717) is 5.16 Å². The summed E-state index contributed by atoms with van der Waals surface area (Å²) in [4.78, 5) is 16.6. The molecular formula is C14H14N6OS2. The Hall–Kier alpha value is -2.26. The van der Waals surface area contributed by atoms with E-state index >= 15 is 0 Å². The van der Waals surface area contributed by atoms with Crippen molar-refractivity contribution in [2.75, 3.05) is 5.75 Å². The van der Waals surface area contributed by atoms with Gasteiger partial charge in [0, 0.05) is 18.6 Å². The average Bonchev–Trinajstić information content (AvgIpc) is 3.23. The van der Waals surface area contributed by atoms with Gasteiger partial charge in [-0.15, -0.1) is 16.4 Å². The number of thiazole rings is 1. The summed E-state index contributed by atoms with van der Waals surface area (Å²) in [6.45, 7) is 0. The summed E-state index contributed by atoms with van der Waals surface area (Å²) >= 11 is 2.81. The quantitative estimate of drug-likeness (QED) is 0.683. The van der Waals surface area contributed by atoms with Gasteiger partial charge in [-0.3, -0.25) is 4.79 Å². The lowest BCUT2D eigenvalue weighted by Gasteiger charge is -2.16. The van der Waals surface area contributed by atoms with E-state index in [-0.39, 0.29) is 17.7 Å². The molecular weight excluding hydrogens is 332 g/mol. The predicted octanol–water partition coefficient (Wildman–Crippen LogP) is 1.66. The van der Waals surface area contributed by atoms with Crippen LogP contribution in [0.1, 0.15) is 16.6 Å². The molecule has 0 radical (unpaired) electrons. The fourth-order valence-electron chi connectivity index (χ4n) is 1.99. The normalized spacial score (nSPS) is 12.0. The van der Waals surface area contributed by atoms with Crippen LogP contribution >= 0.6 is 23.1 Å². The minimum absolute atomic E-state index is 0.0953. The highest BCUT2D eigenvalue weighted by Gasteiger charge is 2.19. The van der Waals surface area contributed by atoms with Crippen molar-refractivity contribution in [3.05, 3.63) is 52.5 Å². The number of tetrazole rings is 1. The Morgan fingerprint density at radius 1 is 1.39 bits per heavy atom. The molecule has 7 nitrogen and oxygen atoms in total. The van der Waals surface area contributed by atoms with Crippen LogP contribution in [-0.2, 0) is 11.8 Å². The molecule has 0 aliphatic rings. The SMILES string of the molecule is Cn1nnnc1SCC(=O)N[C@@H](c1ccccc1)c1nccs1. The van der Waals surface area contributed by atoms with Gasteiger partial charge in [0.05, 0.1) is 5.75 Å². The molecule has 0 unspecified atom stereocenters. The van der Waals surface area contributed by atoms with Crippen LogP contribution < -0.4 is 5.32 Å². The zero-order valence-corrected chi connectivity index (χ0v) is 13.9.